The van der Waals surface area contributed by atoms with Crippen LogP contribution in [0.15, 0.2) is 45.8 Å². The summed E-state index contributed by atoms with van der Waals surface area (Å²) in [5.41, 5.74) is 0.597. The van der Waals surface area contributed by atoms with Gasteiger partial charge in [0.05, 0.1) is 9.92 Å². The first-order valence-corrected chi connectivity index (χ1v) is 9.06. The van der Waals surface area contributed by atoms with Gasteiger partial charge in [-0.2, -0.15) is 0 Å². The van der Waals surface area contributed by atoms with Gasteiger partial charge < -0.3 is 4.74 Å². The largest absolute Gasteiger partial charge is 0.487 e. The van der Waals surface area contributed by atoms with Crippen LogP contribution in [-0.2, 0) is 15.7 Å². The standard InChI is InChI=1S/C13H8BrCl2FO3S/c14-11-3-1-9(17)5-8(11)7-20-13-4-2-10(6-12(13)15)21(16,18)19/h1-6H,7H2. The van der Waals surface area contributed by atoms with Crippen molar-refractivity contribution in [2.24, 2.45) is 0 Å². The number of ether oxygens (including phenoxy) is 1. The molecule has 0 aliphatic heterocycles. The Labute approximate surface area is 139 Å². The Morgan fingerprint density at radius 2 is 1.90 bits per heavy atom. The Morgan fingerprint density at radius 1 is 1.19 bits per heavy atom. The zero-order chi connectivity index (χ0) is 15.6. The maximum atomic E-state index is 13.2. The summed E-state index contributed by atoms with van der Waals surface area (Å²) in [5.74, 6) is -0.108. The van der Waals surface area contributed by atoms with Crippen LogP contribution in [0.1, 0.15) is 5.56 Å². The van der Waals surface area contributed by atoms with Gasteiger partial charge in [0.1, 0.15) is 18.2 Å². The van der Waals surface area contributed by atoms with Crippen LogP contribution in [0.25, 0.3) is 0 Å². The Bertz CT molecular complexity index is 781. The van der Waals surface area contributed by atoms with Gasteiger partial charge in [-0.3, -0.25) is 0 Å². The molecular weight excluding hydrogens is 406 g/mol. The fraction of sp³-hybridized carbons (Fsp3) is 0.0769. The molecule has 0 aliphatic carbocycles. The van der Waals surface area contributed by atoms with Crippen molar-refractivity contribution < 1.29 is 17.5 Å². The summed E-state index contributed by atoms with van der Waals surface area (Å²) in [7, 11) is 1.37. The molecule has 21 heavy (non-hydrogen) atoms. The van der Waals surface area contributed by atoms with E-state index in [9.17, 15) is 12.8 Å². The van der Waals surface area contributed by atoms with Gasteiger partial charge in [-0.05, 0) is 36.4 Å². The van der Waals surface area contributed by atoms with Crippen molar-refractivity contribution in [2.45, 2.75) is 11.5 Å². The summed E-state index contributed by atoms with van der Waals surface area (Å²) in [4.78, 5) is -0.117. The smallest absolute Gasteiger partial charge is 0.261 e. The molecule has 112 valence electrons. The highest BCUT2D eigenvalue weighted by atomic mass is 79.9. The third kappa shape index (κ3) is 4.32. The molecule has 2 rings (SSSR count). The Kier molecular flexibility index (Phi) is 5.14. The second-order valence-electron chi connectivity index (χ2n) is 4.05. The summed E-state index contributed by atoms with van der Waals surface area (Å²) < 4.78 is 41.7. The molecular formula is C13H8BrCl2FO3S. The summed E-state index contributed by atoms with van der Waals surface area (Å²) in [6.45, 7) is 0.0744. The van der Waals surface area contributed by atoms with Gasteiger partial charge in [0.15, 0.2) is 0 Å². The lowest BCUT2D eigenvalue weighted by Gasteiger charge is -2.10. The highest BCUT2D eigenvalue weighted by Crippen LogP contribution is 2.30. The van der Waals surface area contributed by atoms with Gasteiger partial charge in [-0.15, -0.1) is 0 Å². The molecule has 0 radical (unpaired) electrons. The first kappa shape index (κ1) is 16.5. The van der Waals surface area contributed by atoms with Crippen LogP contribution in [-0.4, -0.2) is 8.42 Å². The van der Waals surface area contributed by atoms with E-state index in [0.717, 1.165) is 0 Å². The number of hydrogen-bond acceptors (Lipinski definition) is 3. The predicted molar refractivity (Wildman–Crippen MR) is 82.9 cm³/mol. The minimum Gasteiger partial charge on any atom is -0.487 e. The van der Waals surface area contributed by atoms with Crippen LogP contribution in [0, 0.1) is 5.82 Å². The van der Waals surface area contributed by atoms with Crippen molar-refractivity contribution in [3.63, 3.8) is 0 Å². The lowest BCUT2D eigenvalue weighted by Crippen LogP contribution is -1.99. The number of hydrogen-bond donors (Lipinski definition) is 0. The van der Waals surface area contributed by atoms with Crippen molar-refractivity contribution in [3.8, 4) is 5.75 Å². The Hall–Kier alpha value is -0.820. The minimum atomic E-state index is -3.85. The molecule has 0 atom stereocenters. The second-order valence-corrected chi connectivity index (χ2v) is 7.88. The van der Waals surface area contributed by atoms with Crippen LogP contribution in [0.3, 0.4) is 0 Å². The maximum absolute atomic E-state index is 13.2. The normalized spacial score (nSPS) is 11.4. The van der Waals surface area contributed by atoms with E-state index in [1.807, 2.05) is 0 Å². The summed E-state index contributed by atoms with van der Waals surface area (Å²) >= 11 is 9.22. The highest BCUT2D eigenvalue weighted by Gasteiger charge is 2.13. The van der Waals surface area contributed by atoms with Crippen molar-refractivity contribution in [3.05, 3.63) is 57.3 Å². The molecule has 0 aromatic heterocycles. The van der Waals surface area contributed by atoms with Crippen LogP contribution in [0.5, 0.6) is 5.75 Å². The van der Waals surface area contributed by atoms with Gasteiger partial charge in [-0.25, -0.2) is 12.8 Å². The quantitative estimate of drug-likeness (QED) is 0.679. The van der Waals surface area contributed by atoms with E-state index >= 15 is 0 Å². The molecule has 2 aromatic carbocycles. The number of rotatable bonds is 4. The third-order valence-electron chi connectivity index (χ3n) is 2.58. The highest BCUT2D eigenvalue weighted by molar-refractivity contribution is 9.10. The van der Waals surface area contributed by atoms with Crippen LogP contribution >= 0.6 is 38.2 Å². The van der Waals surface area contributed by atoms with E-state index in [0.29, 0.717) is 10.0 Å². The Morgan fingerprint density at radius 3 is 2.52 bits per heavy atom. The minimum absolute atomic E-state index is 0.0744. The number of halogens is 4. The topological polar surface area (TPSA) is 43.4 Å². The van der Waals surface area contributed by atoms with Gasteiger partial charge >= 0.3 is 0 Å². The van der Waals surface area contributed by atoms with Crippen LogP contribution in [0.2, 0.25) is 5.02 Å². The summed E-state index contributed by atoms with van der Waals surface area (Å²) in [6.07, 6.45) is 0. The number of benzene rings is 2. The van der Waals surface area contributed by atoms with E-state index in [-0.39, 0.29) is 28.1 Å². The van der Waals surface area contributed by atoms with Crippen LogP contribution in [0.4, 0.5) is 4.39 Å². The predicted octanol–water partition coefficient (Wildman–Crippen LogP) is 4.75. The SMILES string of the molecule is O=S(=O)(Cl)c1ccc(OCc2cc(F)ccc2Br)c(Cl)c1. The zero-order valence-electron chi connectivity index (χ0n) is 10.3. The molecule has 0 unspecified atom stereocenters. The van der Waals surface area contributed by atoms with E-state index in [2.05, 4.69) is 15.9 Å². The van der Waals surface area contributed by atoms with E-state index < -0.39 is 9.05 Å². The molecule has 0 amide bonds. The molecule has 3 nitrogen and oxygen atoms in total. The van der Waals surface area contributed by atoms with Gasteiger partial charge in [0.25, 0.3) is 9.05 Å². The van der Waals surface area contributed by atoms with Gasteiger partial charge in [0.2, 0.25) is 0 Å². The summed E-state index contributed by atoms with van der Waals surface area (Å²) in [5, 5.41) is 0.101. The Balaban J connectivity index is 2.19. The van der Waals surface area contributed by atoms with E-state index in [4.69, 9.17) is 27.0 Å². The average Bonchev–Trinajstić information content (AvgIpc) is 2.40. The molecule has 0 aliphatic rings. The van der Waals surface area contributed by atoms with Gasteiger partial charge in [0, 0.05) is 20.7 Å². The van der Waals surface area contributed by atoms with Crippen molar-refractivity contribution >= 4 is 47.3 Å². The second kappa shape index (κ2) is 6.52. The molecule has 0 saturated carbocycles. The van der Waals surface area contributed by atoms with Crippen molar-refractivity contribution in [2.75, 3.05) is 0 Å². The third-order valence-corrected chi connectivity index (χ3v) is 5.00. The van der Waals surface area contributed by atoms with Gasteiger partial charge in [-0.1, -0.05) is 27.5 Å². The van der Waals surface area contributed by atoms with Crippen LogP contribution < -0.4 is 4.74 Å². The monoisotopic (exact) mass is 412 g/mol. The van der Waals surface area contributed by atoms with Crippen molar-refractivity contribution in [1.29, 1.82) is 0 Å². The molecule has 0 fully saturated rings. The average molecular weight is 414 g/mol. The zero-order valence-corrected chi connectivity index (χ0v) is 14.2. The van der Waals surface area contributed by atoms with Crippen molar-refractivity contribution in [1.82, 2.24) is 0 Å². The lowest BCUT2D eigenvalue weighted by atomic mass is 10.2. The maximum Gasteiger partial charge on any atom is 0.261 e. The summed E-state index contributed by atoms with van der Waals surface area (Å²) in [6, 6.07) is 8.09. The molecule has 2 aromatic rings. The van der Waals surface area contributed by atoms with E-state index in [1.165, 1.54) is 30.3 Å². The molecule has 8 heteroatoms. The molecule has 0 bridgehead atoms. The molecule has 0 spiro atoms. The lowest BCUT2D eigenvalue weighted by molar-refractivity contribution is 0.305. The first-order chi connectivity index (χ1) is 9.77. The molecule has 0 heterocycles. The first-order valence-electron chi connectivity index (χ1n) is 5.58. The van der Waals surface area contributed by atoms with E-state index in [1.54, 1.807) is 6.07 Å². The molecule has 0 saturated heterocycles. The fourth-order valence-electron chi connectivity index (χ4n) is 1.56. The fourth-order valence-corrected chi connectivity index (χ4v) is 3.00. The molecule has 0 N–H and O–H groups in total.